The summed E-state index contributed by atoms with van der Waals surface area (Å²) in [5, 5.41) is 6.90. The Kier molecular flexibility index (Phi) is 5.22. The van der Waals surface area contributed by atoms with Gasteiger partial charge >= 0.3 is 0 Å². The summed E-state index contributed by atoms with van der Waals surface area (Å²) >= 11 is 17.2. The first-order valence-electron chi connectivity index (χ1n) is 5.89. The van der Waals surface area contributed by atoms with Crippen LogP contribution in [0, 0.1) is 0 Å². The topological polar surface area (TPSA) is 64.0 Å². The summed E-state index contributed by atoms with van der Waals surface area (Å²) in [6.45, 7) is 0.0613. The minimum absolute atomic E-state index is 0.0530. The molecule has 2 rings (SSSR count). The van der Waals surface area contributed by atoms with Gasteiger partial charge in [0.2, 0.25) is 5.91 Å². The summed E-state index contributed by atoms with van der Waals surface area (Å²) < 4.78 is 0.946. The number of halogens is 3. The first kappa shape index (κ1) is 15.8. The number of rotatable bonds is 4. The molecule has 21 heavy (non-hydrogen) atoms. The summed E-state index contributed by atoms with van der Waals surface area (Å²) in [7, 11) is 0. The van der Waals surface area contributed by atoms with Crippen molar-refractivity contribution in [3.05, 3.63) is 61.4 Å². The molecule has 0 atom stereocenters. The second-order valence-electron chi connectivity index (χ2n) is 4.18. The maximum atomic E-state index is 11.8. The van der Waals surface area contributed by atoms with Gasteiger partial charge in [-0.25, -0.2) is 4.68 Å². The third-order valence-corrected chi connectivity index (χ3v) is 3.60. The van der Waals surface area contributed by atoms with Crippen molar-refractivity contribution >= 4 is 40.7 Å². The lowest BCUT2D eigenvalue weighted by atomic mass is 10.2. The molecule has 0 aliphatic heterocycles. The fourth-order valence-corrected chi connectivity index (χ4v) is 2.08. The Balaban J connectivity index is 1.99. The normalized spacial score (nSPS) is 10.4. The molecule has 2 aromatic rings. The number of nitrogens with zero attached hydrogens (tertiary/aromatic N) is 2. The highest BCUT2D eigenvalue weighted by Crippen LogP contribution is 2.14. The Labute approximate surface area is 135 Å². The lowest BCUT2D eigenvalue weighted by molar-refractivity contribution is -0.122. The van der Waals surface area contributed by atoms with Gasteiger partial charge in [0, 0.05) is 11.6 Å². The molecule has 0 unspecified atom stereocenters. The predicted octanol–water partition coefficient (Wildman–Crippen LogP) is 2.52. The minimum Gasteiger partial charge on any atom is -0.350 e. The fraction of sp³-hybridized carbons (Fsp3) is 0.154. The SMILES string of the molecule is O=C(Cn1ncc(Cl)c(Cl)c1=O)NCc1cccc(Cl)c1. The Bertz CT molecular complexity index is 731. The third kappa shape index (κ3) is 4.20. The second-order valence-corrected chi connectivity index (χ2v) is 5.40. The number of carbonyl (C=O) groups excluding carboxylic acids is 1. The molecule has 0 spiro atoms. The standard InChI is InChI=1S/C13H10Cl3N3O2/c14-9-3-1-2-8(4-9)5-17-11(20)7-19-13(21)12(16)10(15)6-18-19/h1-4,6H,5,7H2,(H,17,20). The second kappa shape index (κ2) is 6.93. The molecule has 0 saturated carbocycles. The number of hydrogen-bond donors (Lipinski definition) is 1. The van der Waals surface area contributed by atoms with Crippen molar-refractivity contribution in [2.75, 3.05) is 0 Å². The number of nitrogens with one attached hydrogen (secondary N) is 1. The van der Waals surface area contributed by atoms with Gasteiger partial charge < -0.3 is 5.32 Å². The quantitative estimate of drug-likeness (QED) is 0.925. The Hall–Kier alpha value is -1.56. The first-order chi connectivity index (χ1) is 9.97. The van der Waals surface area contributed by atoms with Gasteiger partial charge in [0.25, 0.3) is 5.56 Å². The summed E-state index contributed by atoms with van der Waals surface area (Å²) in [6.07, 6.45) is 1.22. The molecule has 0 radical (unpaired) electrons. The van der Waals surface area contributed by atoms with Crippen molar-refractivity contribution in [2.45, 2.75) is 13.1 Å². The van der Waals surface area contributed by atoms with Crippen molar-refractivity contribution in [1.82, 2.24) is 15.1 Å². The highest BCUT2D eigenvalue weighted by atomic mass is 35.5. The summed E-state index contributed by atoms with van der Waals surface area (Å²) in [5.41, 5.74) is 0.243. The zero-order valence-electron chi connectivity index (χ0n) is 10.6. The molecule has 1 heterocycles. The van der Waals surface area contributed by atoms with Crippen molar-refractivity contribution in [3.63, 3.8) is 0 Å². The molecule has 1 N–H and O–H groups in total. The highest BCUT2D eigenvalue weighted by Gasteiger charge is 2.10. The number of hydrogen-bond acceptors (Lipinski definition) is 3. The number of benzene rings is 1. The van der Waals surface area contributed by atoms with E-state index in [0.717, 1.165) is 10.2 Å². The van der Waals surface area contributed by atoms with Crippen LogP contribution in [0.4, 0.5) is 0 Å². The molecule has 0 bridgehead atoms. The molecule has 0 aliphatic rings. The molecule has 0 saturated heterocycles. The monoisotopic (exact) mass is 345 g/mol. The third-order valence-electron chi connectivity index (χ3n) is 2.61. The summed E-state index contributed by atoms with van der Waals surface area (Å²) in [5.74, 6) is -0.372. The Morgan fingerprint density at radius 2 is 2.05 bits per heavy atom. The molecule has 8 heteroatoms. The average molecular weight is 347 g/mol. The molecule has 1 amide bonds. The minimum atomic E-state index is -0.609. The van der Waals surface area contributed by atoms with E-state index in [0.29, 0.717) is 11.6 Å². The largest absolute Gasteiger partial charge is 0.350 e. The van der Waals surface area contributed by atoms with Crippen LogP contribution in [0.5, 0.6) is 0 Å². The van der Waals surface area contributed by atoms with E-state index in [1.807, 2.05) is 6.07 Å². The molecular formula is C13H10Cl3N3O2. The van der Waals surface area contributed by atoms with Crippen molar-refractivity contribution in [3.8, 4) is 0 Å². The average Bonchev–Trinajstić information content (AvgIpc) is 2.46. The van der Waals surface area contributed by atoms with Crippen LogP contribution in [0.15, 0.2) is 35.3 Å². The van der Waals surface area contributed by atoms with Crippen LogP contribution in [0.2, 0.25) is 15.1 Å². The van der Waals surface area contributed by atoms with Gasteiger partial charge in [-0.2, -0.15) is 5.10 Å². The van der Waals surface area contributed by atoms with E-state index in [1.54, 1.807) is 18.2 Å². The zero-order valence-corrected chi connectivity index (χ0v) is 12.9. The molecule has 5 nitrogen and oxygen atoms in total. The number of carbonyl (C=O) groups is 1. The summed E-state index contributed by atoms with van der Waals surface area (Å²) in [6, 6.07) is 7.10. The van der Waals surface area contributed by atoms with E-state index in [2.05, 4.69) is 10.4 Å². The smallest absolute Gasteiger partial charge is 0.287 e. The fourth-order valence-electron chi connectivity index (χ4n) is 1.60. The van der Waals surface area contributed by atoms with Gasteiger partial charge in [0.15, 0.2) is 0 Å². The van der Waals surface area contributed by atoms with Crippen molar-refractivity contribution in [1.29, 1.82) is 0 Å². The van der Waals surface area contributed by atoms with E-state index in [4.69, 9.17) is 34.8 Å². The predicted molar refractivity (Wildman–Crippen MR) is 81.8 cm³/mol. The van der Waals surface area contributed by atoms with Crippen molar-refractivity contribution in [2.24, 2.45) is 0 Å². The van der Waals surface area contributed by atoms with Crippen LogP contribution >= 0.6 is 34.8 Å². The van der Waals surface area contributed by atoms with Gasteiger partial charge in [-0.05, 0) is 17.7 Å². The molecule has 1 aromatic carbocycles. The maximum absolute atomic E-state index is 11.8. The lowest BCUT2D eigenvalue weighted by Crippen LogP contribution is -2.33. The van der Waals surface area contributed by atoms with Crippen LogP contribution in [0.3, 0.4) is 0 Å². The van der Waals surface area contributed by atoms with E-state index in [1.165, 1.54) is 6.20 Å². The zero-order chi connectivity index (χ0) is 15.4. The van der Waals surface area contributed by atoms with Gasteiger partial charge in [-0.3, -0.25) is 9.59 Å². The van der Waals surface area contributed by atoms with Crippen LogP contribution in [-0.2, 0) is 17.9 Å². The molecule has 0 fully saturated rings. The van der Waals surface area contributed by atoms with Gasteiger partial charge in [0.1, 0.15) is 11.6 Å². The number of amides is 1. The van der Waals surface area contributed by atoms with E-state index in [9.17, 15) is 9.59 Å². The van der Waals surface area contributed by atoms with E-state index < -0.39 is 5.56 Å². The van der Waals surface area contributed by atoms with Gasteiger partial charge in [-0.15, -0.1) is 0 Å². The van der Waals surface area contributed by atoms with Crippen LogP contribution in [0.25, 0.3) is 0 Å². The Morgan fingerprint density at radius 1 is 1.29 bits per heavy atom. The Morgan fingerprint density at radius 3 is 2.76 bits per heavy atom. The van der Waals surface area contributed by atoms with E-state index in [-0.39, 0.29) is 22.5 Å². The maximum Gasteiger partial charge on any atom is 0.287 e. The van der Waals surface area contributed by atoms with E-state index >= 15 is 0 Å². The van der Waals surface area contributed by atoms with Gasteiger partial charge in [0.05, 0.1) is 11.2 Å². The highest BCUT2D eigenvalue weighted by molar-refractivity contribution is 6.41. The van der Waals surface area contributed by atoms with Gasteiger partial charge in [-0.1, -0.05) is 46.9 Å². The van der Waals surface area contributed by atoms with Crippen LogP contribution in [-0.4, -0.2) is 15.7 Å². The molecular weight excluding hydrogens is 337 g/mol. The first-order valence-corrected chi connectivity index (χ1v) is 7.03. The number of aromatic nitrogens is 2. The van der Waals surface area contributed by atoms with Crippen LogP contribution in [0.1, 0.15) is 5.56 Å². The lowest BCUT2D eigenvalue weighted by Gasteiger charge is -2.07. The molecule has 1 aromatic heterocycles. The van der Waals surface area contributed by atoms with Crippen LogP contribution < -0.4 is 10.9 Å². The molecule has 0 aliphatic carbocycles. The summed E-state index contributed by atoms with van der Waals surface area (Å²) in [4.78, 5) is 23.5. The molecule has 110 valence electrons. The van der Waals surface area contributed by atoms with Crippen molar-refractivity contribution < 1.29 is 4.79 Å².